The Morgan fingerprint density at radius 2 is 1.52 bits per heavy atom. The highest BCUT2D eigenvalue weighted by Gasteiger charge is 2.51. The lowest BCUT2D eigenvalue weighted by Crippen LogP contribution is -2.41. The van der Waals surface area contributed by atoms with Crippen molar-refractivity contribution < 1.29 is 18.8 Å². The highest BCUT2D eigenvalue weighted by molar-refractivity contribution is 6.62. The van der Waals surface area contributed by atoms with Crippen molar-refractivity contribution in [1.29, 1.82) is 0 Å². The average molecular weight is 424 g/mol. The molecule has 0 atom stereocenters. The molecule has 1 saturated heterocycles. The third-order valence-corrected chi connectivity index (χ3v) is 6.29. The molecule has 1 fully saturated rings. The summed E-state index contributed by atoms with van der Waals surface area (Å²) in [6, 6.07) is 14.8. The second-order valence-electron chi connectivity index (χ2n) is 10.7. The maximum Gasteiger partial charge on any atom is 0.494 e. The summed E-state index contributed by atoms with van der Waals surface area (Å²) in [5, 5.41) is 0. The van der Waals surface area contributed by atoms with Crippen LogP contribution in [0.2, 0.25) is 0 Å². The molecule has 4 nitrogen and oxygen atoms in total. The third-order valence-electron chi connectivity index (χ3n) is 6.29. The van der Waals surface area contributed by atoms with Crippen molar-refractivity contribution in [3.8, 4) is 16.9 Å². The van der Waals surface area contributed by atoms with Gasteiger partial charge in [-0.15, -0.1) is 0 Å². The molecule has 0 N–H and O–H groups in total. The number of benzene rings is 2. The maximum absolute atomic E-state index is 6.18. The molecule has 1 aliphatic heterocycles. The summed E-state index contributed by atoms with van der Waals surface area (Å²) in [4.78, 5) is 0. The Morgan fingerprint density at radius 3 is 2.06 bits per heavy atom. The normalized spacial score (nSPS) is 17.7. The van der Waals surface area contributed by atoms with Gasteiger partial charge in [-0.3, -0.25) is 0 Å². The zero-order valence-corrected chi connectivity index (χ0v) is 20.4. The van der Waals surface area contributed by atoms with Crippen LogP contribution in [0.3, 0.4) is 0 Å². The Hall–Kier alpha value is -1.82. The number of ether oxygens (including phenoxy) is 2. The van der Waals surface area contributed by atoms with Crippen molar-refractivity contribution in [2.24, 2.45) is 5.41 Å². The molecule has 3 rings (SSSR count). The van der Waals surface area contributed by atoms with Crippen LogP contribution in [-0.2, 0) is 20.5 Å². The van der Waals surface area contributed by atoms with Crippen molar-refractivity contribution in [3.63, 3.8) is 0 Å². The van der Waals surface area contributed by atoms with Gasteiger partial charge in [0.25, 0.3) is 0 Å². The minimum atomic E-state index is -0.358. The first-order valence-electron chi connectivity index (χ1n) is 11.1. The minimum Gasteiger partial charge on any atom is -0.467 e. The van der Waals surface area contributed by atoms with E-state index in [1.54, 1.807) is 7.11 Å². The lowest BCUT2D eigenvalue weighted by atomic mass is 9.78. The van der Waals surface area contributed by atoms with E-state index in [1.165, 1.54) is 5.56 Å². The van der Waals surface area contributed by atoms with Crippen LogP contribution in [0.4, 0.5) is 0 Å². The Labute approximate surface area is 188 Å². The predicted octanol–water partition coefficient (Wildman–Crippen LogP) is 5.61. The first kappa shape index (κ1) is 23.8. The molecule has 31 heavy (non-hydrogen) atoms. The van der Waals surface area contributed by atoms with Gasteiger partial charge in [-0.25, -0.2) is 0 Å². The summed E-state index contributed by atoms with van der Waals surface area (Å²) in [7, 11) is 1.28. The molecule has 0 spiro atoms. The van der Waals surface area contributed by atoms with Crippen molar-refractivity contribution in [3.05, 3.63) is 48.0 Å². The number of hydrogen-bond acceptors (Lipinski definition) is 4. The van der Waals surface area contributed by atoms with Gasteiger partial charge in [0.2, 0.25) is 0 Å². The van der Waals surface area contributed by atoms with Gasteiger partial charge in [0.1, 0.15) is 5.75 Å². The van der Waals surface area contributed by atoms with E-state index >= 15 is 0 Å². The molecule has 168 valence electrons. The maximum atomic E-state index is 6.18. The number of rotatable bonds is 7. The molecular formula is C26H37BO4. The van der Waals surface area contributed by atoms with Crippen molar-refractivity contribution in [2.45, 2.75) is 72.5 Å². The molecule has 1 heterocycles. The lowest BCUT2D eigenvalue weighted by Gasteiger charge is -2.32. The van der Waals surface area contributed by atoms with Gasteiger partial charge in [-0.05, 0) is 68.6 Å². The van der Waals surface area contributed by atoms with E-state index in [0.717, 1.165) is 35.2 Å². The van der Waals surface area contributed by atoms with Gasteiger partial charge < -0.3 is 18.8 Å². The van der Waals surface area contributed by atoms with E-state index < -0.39 is 0 Å². The SMILES string of the molecule is COCOc1cc(CCC(C)(C)C)ccc1-c1ccc(B2OC(C)(C)C(C)(C)O2)cc1. The molecule has 0 aromatic heterocycles. The molecule has 0 saturated carbocycles. The van der Waals surface area contributed by atoms with Gasteiger partial charge in [-0.1, -0.05) is 57.2 Å². The Balaban J connectivity index is 1.83. The van der Waals surface area contributed by atoms with E-state index in [4.69, 9.17) is 18.8 Å². The lowest BCUT2D eigenvalue weighted by molar-refractivity contribution is 0.00578. The topological polar surface area (TPSA) is 36.9 Å². The van der Waals surface area contributed by atoms with Crippen LogP contribution in [-0.4, -0.2) is 32.2 Å². The molecule has 1 aliphatic rings. The van der Waals surface area contributed by atoms with Gasteiger partial charge in [0.15, 0.2) is 6.79 Å². The fraction of sp³-hybridized carbons (Fsp3) is 0.538. The summed E-state index contributed by atoms with van der Waals surface area (Å²) in [6.45, 7) is 15.3. The highest BCUT2D eigenvalue weighted by atomic mass is 16.7. The number of aryl methyl sites for hydroxylation is 1. The minimum absolute atomic E-state index is 0.224. The zero-order valence-electron chi connectivity index (χ0n) is 20.4. The first-order valence-corrected chi connectivity index (χ1v) is 11.1. The zero-order chi connectivity index (χ0) is 22.9. The standard InChI is InChI=1S/C26H37BO4/c1-24(2,3)16-15-19-9-14-22(23(17-19)29-18-28-8)20-10-12-21(13-11-20)27-30-25(4,5)26(6,7)31-27/h9-14,17H,15-16,18H2,1-8H3. The summed E-state index contributed by atoms with van der Waals surface area (Å²) >= 11 is 0. The molecular weight excluding hydrogens is 387 g/mol. The second kappa shape index (κ2) is 8.97. The van der Waals surface area contributed by atoms with Crippen LogP contribution in [0.1, 0.15) is 60.5 Å². The van der Waals surface area contributed by atoms with Gasteiger partial charge in [0, 0.05) is 12.7 Å². The fourth-order valence-electron chi connectivity index (χ4n) is 3.52. The van der Waals surface area contributed by atoms with Crippen molar-refractivity contribution >= 4 is 12.6 Å². The molecule has 0 bridgehead atoms. The van der Waals surface area contributed by atoms with Crippen molar-refractivity contribution in [1.82, 2.24) is 0 Å². The van der Waals surface area contributed by atoms with E-state index in [2.05, 4.69) is 90.9 Å². The average Bonchev–Trinajstić information content (AvgIpc) is 2.91. The third kappa shape index (κ3) is 5.71. The first-order chi connectivity index (χ1) is 14.4. The monoisotopic (exact) mass is 424 g/mol. The fourth-order valence-corrected chi connectivity index (χ4v) is 3.52. The van der Waals surface area contributed by atoms with Crippen LogP contribution >= 0.6 is 0 Å². The van der Waals surface area contributed by atoms with Crippen LogP contribution < -0.4 is 10.2 Å². The molecule has 5 heteroatoms. The number of hydrogen-bond donors (Lipinski definition) is 0. The summed E-state index contributed by atoms with van der Waals surface area (Å²) in [6.07, 6.45) is 2.15. The van der Waals surface area contributed by atoms with Crippen LogP contribution in [0.25, 0.3) is 11.1 Å². The predicted molar refractivity (Wildman–Crippen MR) is 128 cm³/mol. The molecule has 0 aliphatic carbocycles. The van der Waals surface area contributed by atoms with Gasteiger partial charge in [-0.2, -0.15) is 0 Å². The molecule has 0 unspecified atom stereocenters. The molecule has 0 radical (unpaired) electrons. The van der Waals surface area contributed by atoms with Crippen molar-refractivity contribution in [2.75, 3.05) is 13.9 Å². The van der Waals surface area contributed by atoms with E-state index in [0.29, 0.717) is 5.41 Å². The van der Waals surface area contributed by atoms with Crippen LogP contribution in [0.5, 0.6) is 5.75 Å². The Morgan fingerprint density at radius 1 is 0.903 bits per heavy atom. The smallest absolute Gasteiger partial charge is 0.467 e. The summed E-state index contributed by atoms with van der Waals surface area (Å²) in [5.41, 5.74) is 4.05. The molecule has 2 aromatic carbocycles. The van der Waals surface area contributed by atoms with E-state index in [9.17, 15) is 0 Å². The summed E-state index contributed by atoms with van der Waals surface area (Å²) in [5.74, 6) is 0.844. The molecule has 0 amide bonds. The summed E-state index contributed by atoms with van der Waals surface area (Å²) < 4.78 is 23.4. The highest BCUT2D eigenvalue weighted by Crippen LogP contribution is 2.37. The number of methoxy groups -OCH3 is 1. The van der Waals surface area contributed by atoms with E-state index in [-0.39, 0.29) is 25.1 Å². The largest absolute Gasteiger partial charge is 0.494 e. The van der Waals surface area contributed by atoms with Crippen LogP contribution in [0.15, 0.2) is 42.5 Å². The second-order valence-corrected chi connectivity index (χ2v) is 10.7. The Bertz CT molecular complexity index is 865. The van der Waals surface area contributed by atoms with Crippen LogP contribution in [0, 0.1) is 5.41 Å². The van der Waals surface area contributed by atoms with Gasteiger partial charge >= 0.3 is 7.12 Å². The molecule has 2 aromatic rings. The Kier molecular flexibility index (Phi) is 6.90. The van der Waals surface area contributed by atoms with Gasteiger partial charge in [0.05, 0.1) is 11.2 Å². The quantitative estimate of drug-likeness (QED) is 0.427. The van der Waals surface area contributed by atoms with E-state index in [1.807, 2.05) is 0 Å².